The first kappa shape index (κ1) is 25.6. The predicted octanol–water partition coefficient (Wildman–Crippen LogP) is 5.80. The quantitative estimate of drug-likeness (QED) is 0.143. The maximum absolute atomic E-state index is 12.8. The molecule has 0 saturated heterocycles. The van der Waals surface area contributed by atoms with Crippen LogP contribution in [0, 0.1) is 0 Å². The summed E-state index contributed by atoms with van der Waals surface area (Å²) < 4.78 is 26.9. The molecule has 6 heteroatoms. The normalized spacial score (nSPS) is 11.1. The summed E-state index contributed by atoms with van der Waals surface area (Å²) in [5, 5.41) is 0. The number of methoxy groups -OCH3 is 4. The Morgan fingerprint density at radius 2 is 1.51 bits per heavy atom. The number of benzene rings is 3. The van der Waals surface area contributed by atoms with Crippen molar-refractivity contribution in [2.24, 2.45) is 0 Å². The Morgan fingerprint density at radius 3 is 2.20 bits per heavy atom. The summed E-state index contributed by atoms with van der Waals surface area (Å²) in [4.78, 5) is 12.8. The number of hydrogen-bond acceptors (Lipinski definition) is 6. The Kier molecular flexibility index (Phi) is 9.51. The summed E-state index contributed by atoms with van der Waals surface area (Å²) in [6, 6.07) is 18.5. The van der Waals surface area contributed by atoms with Crippen LogP contribution in [0.1, 0.15) is 27.0 Å². The molecule has 0 aliphatic carbocycles. The van der Waals surface area contributed by atoms with E-state index in [1.165, 1.54) is 6.08 Å². The van der Waals surface area contributed by atoms with E-state index >= 15 is 0 Å². The molecule has 0 fully saturated rings. The van der Waals surface area contributed by atoms with Gasteiger partial charge < -0.3 is 23.7 Å². The lowest BCUT2D eigenvalue weighted by Gasteiger charge is -2.12. The molecule has 6 nitrogen and oxygen atoms in total. The minimum atomic E-state index is -0.138. The number of allylic oxidation sites excluding steroid dienone is 1. The van der Waals surface area contributed by atoms with Gasteiger partial charge in [-0.25, -0.2) is 0 Å². The SMILES string of the molecule is COCCOc1ccc(/C=C/c2cc(OC)cc(OC)c2/C=C/C(=O)c2cccc(OC)c2)cc1. The highest BCUT2D eigenvalue weighted by Crippen LogP contribution is 2.31. The van der Waals surface area contributed by atoms with Crippen molar-refractivity contribution < 1.29 is 28.5 Å². The Hall–Kier alpha value is -4.03. The maximum atomic E-state index is 12.8. The lowest BCUT2D eigenvalue weighted by Crippen LogP contribution is -2.03. The monoisotopic (exact) mass is 474 g/mol. The number of carbonyl (C=O) groups is 1. The topological polar surface area (TPSA) is 63.2 Å². The van der Waals surface area contributed by atoms with Gasteiger partial charge in [0, 0.05) is 24.3 Å². The van der Waals surface area contributed by atoms with Gasteiger partial charge in [-0.05, 0) is 53.6 Å². The molecule has 3 aromatic carbocycles. The van der Waals surface area contributed by atoms with E-state index in [0.717, 1.165) is 22.4 Å². The molecule has 0 unspecified atom stereocenters. The molecule has 0 radical (unpaired) electrons. The molecular weight excluding hydrogens is 444 g/mol. The number of carbonyl (C=O) groups excluding carboxylic acids is 1. The standard InChI is InChI=1S/C29H30O6/c1-31-16-17-35-24-12-9-21(10-13-24)8-11-22-18-26(33-3)20-29(34-4)27(22)14-15-28(30)23-6-5-7-25(19-23)32-2/h5-15,18-20H,16-17H2,1-4H3/b11-8+,15-14+. The largest absolute Gasteiger partial charge is 0.497 e. The van der Waals surface area contributed by atoms with E-state index in [0.29, 0.717) is 36.0 Å². The molecule has 0 aliphatic heterocycles. The van der Waals surface area contributed by atoms with Gasteiger partial charge in [0.25, 0.3) is 0 Å². The number of hydrogen-bond donors (Lipinski definition) is 0. The molecule has 0 N–H and O–H groups in total. The summed E-state index contributed by atoms with van der Waals surface area (Å²) in [6.07, 6.45) is 7.23. The van der Waals surface area contributed by atoms with Crippen LogP contribution in [0.25, 0.3) is 18.2 Å². The second-order valence-corrected chi connectivity index (χ2v) is 7.51. The molecule has 182 valence electrons. The van der Waals surface area contributed by atoms with Crippen LogP contribution in [-0.4, -0.2) is 47.4 Å². The van der Waals surface area contributed by atoms with Crippen LogP contribution in [0.5, 0.6) is 23.0 Å². The highest BCUT2D eigenvalue weighted by molar-refractivity contribution is 6.07. The molecule has 0 aromatic heterocycles. The number of ketones is 1. The van der Waals surface area contributed by atoms with E-state index in [9.17, 15) is 4.79 Å². The molecule has 0 amide bonds. The van der Waals surface area contributed by atoms with Gasteiger partial charge in [-0.15, -0.1) is 0 Å². The molecule has 0 heterocycles. The van der Waals surface area contributed by atoms with Gasteiger partial charge in [0.15, 0.2) is 5.78 Å². The van der Waals surface area contributed by atoms with Crippen LogP contribution < -0.4 is 18.9 Å². The van der Waals surface area contributed by atoms with Crippen molar-refractivity contribution in [3.05, 3.63) is 89.0 Å². The Bertz CT molecular complexity index is 1180. The first-order valence-electron chi connectivity index (χ1n) is 11.1. The third-order valence-corrected chi connectivity index (χ3v) is 5.25. The summed E-state index contributed by atoms with van der Waals surface area (Å²) in [5.74, 6) is 2.52. The van der Waals surface area contributed by atoms with Crippen molar-refractivity contribution in [2.45, 2.75) is 0 Å². The maximum Gasteiger partial charge on any atom is 0.185 e. The lowest BCUT2D eigenvalue weighted by molar-refractivity contribution is 0.104. The highest BCUT2D eigenvalue weighted by atomic mass is 16.5. The van der Waals surface area contributed by atoms with Gasteiger partial charge in [-0.1, -0.05) is 36.4 Å². The molecule has 35 heavy (non-hydrogen) atoms. The fourth-order valence-corrected chi connectivity index (χ4v) is 3.36. The minimum absolute atomic E-state index is 0.138. The van der Waals surface area contributed by atoms with E-state index in [4.69, 9.17) is 23.7 Å². The average Bonchev–Trinajstić information content (AvgIpc) is 2.91. The van der Waals surface area contributed by atoms with Gasteiger partial charge >= 0.3 is 0 Å². The first-order chi connectivity index (χ1) is 17.1. The summed E-state index contributed by atoms with van der Waals surface area (Å²) >= 11 is 0. The highest BCUT2D eigenvalue weighted by Gasteiger charge is 2.10. The van der Waals surface area contributed by atoms with Crippen LogP contribution in [0.3, 0.4) is 0 Å². The van der Waals surface area contributed by atoms with Crippen molar-refractivity contribution in [3.8, 4) is 23.0 Å². The van der Waals surface area contributed by atoms with E-state index in [1.54, 1.807) is 64.8 Å². The van der Waals surface area contributed by atoms with Gasteiger partial charge in [-0.3, -0.25) is 4.79 Å². The van der Waals surface area contributed by atoms with Crippen LogP contribution in [0.15, 0.2) is 66.7 Å². The van der Waals surface area contributed by atoms with Crippen molar-refractivity contribution in [2.75, 3.05) is 41.7 Å². The molecular formula is C29H30O6. The van der Waals surface area contributed by atoms with E-state index in [1.807, 2.05) is 42.5 Å². The third kappa shape index (κ3) is 7.22. The third-order valence-electron chi connectivity index (χ3n) is 5.25. The van der Waals surface area contributed by atoms with E-state index in [2.05, 4.69) is 0 Å². The van der Waals surface area contributed by atoms with Crippen molar-refractivity contribution in [3.63, 3.8) is 0 Å². The number of rotatable bonds is 12. The van der Waals surface area contributed by atoms with Crippen molar-refractivity contribution in [1.82, 2.24) is 0 Å². The summed E-state index contributed by atoms with van der Waals surface area (Å²) in [7, 11) is 6.41. The lowest BCUT2D eigenvalue weighted by atomic mass is 10.0. The molecule has 3 rings (SSSR count). The smallest absolute Gasteiger partial charge is 0.185 e. The van der Waals surface area contributed by atoms with Gasteiger partial charge in [0.2, 0.25) is 0 Å². The van der Waals surface area contributed by atoms with E-state index < -0.39 is 0 Å². The molecule has 0 bridgehead atoms. The Morgan fingerprint density at radius 1 is 0.743 bits per heavy atom. The number of ether oxygens (including phenoxy) is 5. The van der Waals surface area contributed by atoms with Gasteiger partial charge in [-0.2, -0.15) is 0 Å². The zero-order valence-electron chi connectivity index (χ0n) is 20.4. The fourth-order valence-electron chi connectivity index (χ4n) is 3.36. The van der Waals surface area contributed by atoms with Crippen molar-refractivity contribution >= 4 is 24.0 Å². The molecule has 0 spiro atoms. The average molecular weight is 475 g/mol. The second kappa shape index (κ2) is 13.0. The molecule has 0 atom stereocenters. The molecule has 0 aliphatic rings. The predicted molar refractivity (Wildman–Crippen MR) is 139 cm³/mol. The summed E-state index contributed by atoms with van der Waals surface area (Å²) in [5.41, 5.74) is 3.14. The van der Waals surface area contributed by atoms with Gasteiger partial charge in [0.05, 0.1) is 27.9 Å². The minimum Gasteiger partial charge on any atom is -0.497 e. The second-order valence-electron chi connectivity index (χ2n) is 7.51. The van der Waals surface area contributed by atoms with E-state index in [-0.39, 0.29) is 5.78 Å². The zero-order chi connectivity index (χ0) is 25.0. The van der Waals surface area contributed by atoms with Crippen LogP contribution in [0.4, 0.5) is 0 Å². The Labute approximate surface area is 206 Å². The Balaban J connectivity index is 1.88. The van der Waals surface area contributed by atoms with Crippen molar-refractivity contribution in [1.29, 1.82) is 0 Å². The fraction of sp³-hybridized carbons (Fsp3) is 0.207. The zero-order valence-corrected chi connectivity index (χ0v) is 20.4. The molecule has 0 saturated carbocycles. The van der Waals surface area contributed by atoms with Crippen LogP contribution in [-0.2, 0) is 4.74 Å². The van der Waals surface area contributed by atoms with Gasteiger partial charge in [0.1, 0.15) is 29.6 Å². The first-order valence-corrected chi connectivity index (χ1v) is 11.1. The molecule has 3 aromatic rings. The summed E-state index contributed by atoms with van der Waals surface area (Å²) in [6.45, 7) is 1.04. The van der Waals surface area contributed by atoms with Crippen LogP contribution >= 0.6 is 0 Å². The van der Waals surface area contributed by atoms with Crippen LogP contribution in [0.2, 0.25) is 0 Å².